The van der Waals surface area contributed by atoms with Gasteiger partial charge in [0.2, 0.25) is 5.69 Å². The molecule has 7 rings (SSSR count). The van der Waals surface area contributed by atoms with Crippen molar-refractivity contribution in [1.82, 2.24) is 0 Å². The first-order valence-electron chi connectivity index (χ1n) is 16.2. The normalized spacial score (nSPS) is 15.5. The third-order valence-corrected chi connectivity index (χ3v) is 9.79. The summed E-state index contributed by atoms with van der Waals surface area (Å²) in [4.78, 5) is 0. The molecule has 2 aliphatic rings. The minimum absolute atomic E-state index is 0.128. The molecule has 0 saturated heterocycles. The zero-order valence-electron chi connectivity index (χ0n) is 26.7. The molecule has 1 aliphatic carbocycles. The molecule has 1 fully saturated rings. The molecular formula is C40H46NO+. The summed E-state index contributed by atoms with van der Waals surface area (Å²) < 4.78 is 9.49. The van der Waals surface area contributed by atoms with E-state index in [0.717, 1.165) is 24.3 Å². The van der Waals surface area contributed by atoms with Crippen LogP contribution < -0.4 is 9.30 Å². The monoisotopic (exact) mass is 556 g/mol. The lowest BCUT2D eigenvalue weighted by molar-refractivity contribution is -0.659. The second-order valence-electron chi connectivity index (χ2n) is 14.8. The van der Waals surface area contributed by atoms with Gasteiger partial charge in [-0.2, -0.15) is 0 Å². The molecule has 216 valence electrons. The summed E-state index contributed by atoms with van der Waals surface area (Å²) in [7, 11) is 2.22. The van der Waals surface area contributed by atoms with Crippen molar-refractivity contribution < 1.29 is 9.30 Å². The molecule has 0 bridgehead atoms. The first-order valence-corrected chi connectivity index (χ1v) is 16.2. The highest BCUT2D eigenvalue weighted by molar-refractivity contribution is 6.17. The van der Waals surface area contributed by atoms with Gasteiger partial charge in [0, 0.05) is 17.0 Å². The lowest BCUT2D eigenvalue weighted by atomic mass is 9.79. The summed E-state index contributed by atoms with van der Waals surface area (Å²) in [6.45, 7) is 14.0. The SMILES string of the molecule is Cc1c2c(c(CC(C)(C)C)c3ccc(CC(C)C)cc13)Oc1cc3cccc(C4CCCCC4)c3c3cc[n+](C)c-2c13. The fourth-order valence-electron chi connectivity index (χ4n) is 8.03. The van der Waals surface area contributed by atoms with Crippen LogP contribution in [0.25, 0.3) is 43.6 Å². The average molecular weight is 557 g/mol. The van der Waals surface area contributed by atoms with Gasteiger partial charge in [-0.05, 0) is 94.2 Å². The van der Waals surface area contributed by atoms with E-state index >= 15 is 0 Å². The van der Waals surface area contributed by atoms with Crippen molar-refractivity contribution in [2.45, 2.75) is 92.4 Å². The summed E-state index contributed by atoms with van der Waals surface area (Å²) in [6, 6.07) is 18.8. The van der Waals surface area contributed by atoms with E-state index in [9.17, 15) is 0 Å². The lowest BCUT2D eigenvalue weighted by Crippen LogP contribution is -2.32. The van der Waals surface area contributed by atoms with E-state index in [-0.39, 0.29) is 5.41 Å². The van der Waals surface area contributed by atoms with Gasteiger partial charge < -0.3 is 4.74 Å². The predicted molar refractivity (Wildman–Crippen MR) is 178 cm³/mol. The molecule has 0 amide bonds. The van der Waals surface area contributed by atoms with E-state index < -0.39 is 0 Å². The van der Waals surface area contributed by atoms with Crippen LogP contribution in [0.5, 0.6) is 11.5 Å². The van der Waals surface area contributed by atoms with E-state index in [1.165, 1.54) is 97.9 Å². The number of benzene rings is 4. The van der Waals surface area contributed by atoms with Gasteiger partial charge in [0.25, 0.3) is 0 Å². The number of aromatic nitrogens is 1. The van der Waals surface area contributed by atoms with Crippen molar-refractivity contribution in [3.63, 3.8) is 0 Å². The zero-order valence-corrected chi connectivity index (χ0v) is 26.7. The van der Waals surface area contributed by atoms with Gasteiger partial charge in [-0.15, -0.1) is 0 Å². The topological polar surface area (TPSA) is 13.1 Å². The Balaban J connectivity index is 1.57. The molecule has 5 aromatic rings. The molecule has 2 heterocycles. The Labute approximate surface area is 251 Å². The molecular weight excluding hydrogens is 510 g/mol. The molecule has 1 saturated carbocycles. The molecule has 1 aliphatic heterocycles. The van der Waals surface area contributed by atoms with Crippen LogP contribution in [-0.2, 0) is 19.9 Å². The minimum atomic E-state index is 0.128. The number of pyridine rings is 1. The summed E-state index contributed by atoms with van der Waals surface area (Å²) in [5.41, 5.74) is 8.33. The van der Waals surface area contributed by atoms with Crippen molar-refractivity contribution >= 4 is 32.3 Å². The number of rotatable bonds is 4. The number of hydrogen-bond donors (Lipinski definition) is 0. The number of fused-ring (bicyclic) bond motifs is 5. The largest absolute Gasteiger partial charge is 0.455 e. The van der Waals surface area contributed by atoms with Gasteiger partial charge in [-0.3, -0.25) is 0 Å². The van der Waals surface area contributed by atoms with Crippen molar-refractivity contribution in [3.8, 4) is 22.8 Å². The summed E-state index contributed by atoms with van der Waals surface area (Å²) in [6.07, 6.45) is 11.0. The maximum absolute atomic E-state index is 7.15. The van der Waals surface area contributed by atoms with E-state index in [2.05, 4.69) is 108 Å². The van der Waals surface area contributed by atoms with Crippen LogP contribution in [0.4, 0.5) is 0 Å². The average Bonchev–Trinajstić information content (AvgIpc) is 2.95. The summed E-state index contributed by atoms with van der Waals surface area (Å²) in [5.74, 6) is 3.34. The van der Waals surface area contributed by atoms with Gasteiger partial charge in [0.1, 0.15) is 18.5 Å². The third kappa shape index (κ3) is 4.50. The molecule has 0 unspecified atom stereocenters. The summed E-state index contributed by atoms with van der Waals surface area (Å²) in [5, 5.41) is 8.06. The van der Waals surface area contributed by atoms with Crippen LogP contribution in [0.2, 0.25) is 0 Å². The van der Waals surface area contributed by atoms with Crippen molar-refractivity contribution in [1.29, 1.82) is 0 Å². The van der Waals surface area contributed by atoms with E-state index in [1.807, 2.05) is 0 Å². The second kappa shape index (κ2) is 10.1. The molecule has 2 heteroatoms. The highest BCUT2D eigenvalue weighted by Gasteiger charge is 2.35. The minimum Gasteiger partial charge on any atom is -0.455 e. The molecule has 4 aromatic carbocycles. The standard InChI is InChI=1S/C40H46NO/c1-24(2)20-26-16-17-30-32(21-26)25(3)35-38-37-31(18-19-41(38)7)36-28(14-11-15-29(36)27-12-9-8-10-13-27)22-34(37)42-39(35)33(30)23-40(4,5)6/h11,14-19,21-22,24,27H,8-10,12-13,20,23H2,1-7H3/q+1. The van der Waals surface area contributed by atoms with E-state index in [4.69, 9.17) is 4.74 Å². The van der Waals surface area contributed by atoms with Gasteiger partial charge in [0.05, 0.1) is 10.9 Å². The Kier molecular flexibility index (Phi) is 6.61. The van der Waals surface area contributed by atoms with Crippen LogP contribution in [0.1, 0.15) is 94.9 Å². The van der Waals surface area contributed by atoms with Crippen LogP contribution in [0.15, 0.2) is 54.7 Å². The number of ether oxygens (including phenoxy) is 1. The highest BCUT2D eigenvalue weighted by Crippen LogP contribution is 2.53. The Hall–Kier alpha value is -3.39. The fraction of sp³-hybridized carbons (Fsp3) is 0.425. The van der Waals surface area contributed by atoms with Gasteiger partial charge in [-0.1, -0.05) is 90.3 Å². The molecule has 0 radical (unpaired) electrons. The van der Waals surface area contributed by atoms with Crippen molar-refractivity contribution in [3.05, 3.63) is 77.0 Å². The van der Waals surface area contributed by atoms with Crippen LogP contribution >= 0.6 is 0 Å². The quantitative estimate of drug-likeness (QED) is 0.155. The van der Waals surface area contributed by atoms with E-state index in [1.54, 1.807) is 0 Å². The maximum atomic E-state index is 7.15. The van der Waals surface area contributed by atoms with Crippen molar-refractivity contribution in [2.75, 3.05) is 0 Å². The first kappa shape index (κ1) is 27.4. The van der Waals surface area contributed by atoms with Gasteiger partial charge >= 0.3 is 0 Å². The van der Waals surface area contributed by atoms with Crippen LogP contribution in [0, 0.1) is 18.3 Å². The number of hydrogen-bond acceptors (Lipinski definition) is 1. The Morgan fingerprint density at radius 1 is 0.905 bits per heavy atom. The Morgan fingerprint density at radius 3 is 2.43 bits per heavy atom. The zero-order chi connectivity index (χ0) is 29.3. The van der Waals surface area contributed by atoms with Gasteiger partial charge in [-0.25, -0.2) is 4.57 Å². The first-order chi connectivity index (χ1) is 20.1. The lowest BCUT2D eigenvalue weighted by Gasteiger charge is -2.29. The molecule has 42 heavy (non-hydrogen) atoms. The molecule has 2 nitrogen and oxygen atoms in total. The highest BCUT2D eigenvalue weighted by atomic mass is 16.5. The Morgan fingerprint density at radius 2 is 1.69 bits per heavy atom. The van der Waals surface area contributed by atoms with Crippen LogP contribution in [0.3, 0.4) is 0 Å². The van der Waals surface area contributed by atoms with Gasteiger partial charge in [0.15, 0.2) is 6.20 Å². The Bertz CT molecular complexity index is 1860. The number of aryl methyl sites for hydroxylation is 2. The van der Waals surface area contributed by atoms with Crippen LogP contribution in [-0.4, -0.2) is 0 Å². The molecule has 0 N–H and O–H groups in total. The fourth-order valence-corrected chi connectivity index (χ4v) is 8.03. The van der Waals surface area contributed by atoms with Crippen molar-refractivity contribution in [2.24, 2.45) is 18.4 Å². The number of nitrogens with zero attached hydrogens (tertiary/aromatic N) is 1. The predicted octanol–water partition coefficient (Wildman–Crippen LogP) is 10.9. The molecule has 0 atom stereocenters. The van der Waals surface area contributed by atoms with E-state index in [0.29, 0.717) is 11.8 Å². The molecule has 0 spiro atoms. The third-order valence-electron chi connectivity index (χ3n) is 9.79. The summed E-state index contributed by atoms with van der Waals surface area (Å²) >= 11 is 0. The maximum Gasteiger partial charge on any atom is 0.228 e. The second-order valence-corrected chi connectivity index (χ2v) is 14.8. The smallest absolute Gasteiger partial charge is 0.228 e. The molecule has 1 aromatic heterocycles.